The van der Waals surface area contributed by atoms with Gasteiger partial charge in [-0.05, 0) is 25.2 Å². The second-order valence-electron chi connectivity index (χ2n) is 5.27. The summed E-state index contributed by atoms with van der Waals surface area (Å²) in [6, 6.07) is 0.114. The number of rotatable bonds is 4. The second-order valence-corrected chi connectivity index (χ2v) is 5.27. The Balaban J connectivity index is 4.48. The first-order chi connectivity index (χ1) is 6.70. The second kappa shape index (κ2) is 5.29. The van der Waals surface area contributed by atoms with Crippen LogP contribution in [-0.2, 0) is 4.79 Å². The highest BCUT2D eigenvalue weighted by atomic mass is 16.1. The van der Waals surface area contributed by atoms with Gasteiger partial charge in [-0.15, -0.1) is 0 Å². The van der Waals surface area contributed by atoms with Crippen LogP contribution in [0.1, 0.15) is 48.0 Å². The maximum Gasteiger partial charge on any atom is 0.264 e. The van der Waals surface area contributed by atoms with Crippen LogP contribution in [0.25, 0.3) is 0 Å². The van der Waals surface area contributed by atoms with E-state index in [1.54, 1.807) is 0 Å². The molecule has 2 unspecified atom stereocenters. The molecule has 0 aromatic rings. The SMILES string of the molecule is CCC(C(C)NC(=O)C(C)=N)C(C)(C)C. The molecule has 0 aliphatic heterocycles. The minimum Gasteiger partial charge on any atom is -0.348 e. The molecule has 3 nitrogen and oxygen atoms in total. The largest absolute Gasteiger partial charge is 0.348 e. The number of hydrogen-bond acceptors (Lipinski definition) is 2. The molecule has 0 fully saturated rings. The molecule has 2 N–H and O–H groups in total. The van der Waals surface area contributed by atoms with Crippen molar-refractivity contribution in [3.8, 4) is 0 Å². The molecule has 15 heavy (non-hydrogen) atoms. The molecule has 0 bridgehead atoms. The van der Waals surface area contributed by atoms with E-state index in [2.05, 4.69) is 33.0 Å². The summed E-state index contributed by atoms with van der Waals surface area (Å²) in [5, 5.41) is 10.1. The van der Waals surface area contributed by atoms with Gasteiger partial charge in [0.15, 0.2) is 0 Å². The van der Waals surface area contributed by atoms with E-state index in [1.807, 2.05) is 6.92 Å². The van der Waals surface area contributed by atoms with Crippen molar-refractivity contribution in [3.05, 3.63) is 0 Å². The highest BCUT2D eigenvalue weighted by molar-refractivity contribution is 6.36. The van der Waals surface area contributed by atoms with Gasteiger partial charge in [0.1, 0.15) is 0 Å². The molecule has 2 atom stereocenters. The first-order valence-electron chi connectivity index (χ1n) is 5.56. The topological polar surface area (TPSA) is 53.0 Å². The summed E-state index contributed by atoms with van der Waals surface area (Å²) >= 11 is 0. The lowest BCUT2D eigenvalue weighted by Gasteiger charge is -2.35. The molecule has 0 aromatic carbocycles. The third kappa shape index (κ3) is 4.45. The van der Waals surface area contributed by atoms with E-state index >= 15 is 0 Å². The predicted octanol–water partition coefficient (Wildman–Crippen LogP) is 2.60. The lowest BCUT2D eigenvalue weighted by molar-refractivity contribution is -0.116. The van der Waals surface area contributed by atoms with Crippen LogP contribution in [0.2, 0.25) is 0 Å². The molecule has 0 rings (SSSR count). The highest BCUT2D eigenvalue weighted by Crippen LogP contribution is 2.31. The number of hydrogen-bond donors (Lipinski definition) is 2. The summed E-state index contributed by atoms with van der Waals surface area (Å²) in [5.74, 6) is 0.172. The molecular formula is C12H24N2O. The van der Waals surface area contributed by atoms with Crippen molar-refractivity contribution >= 4 is 11.6 Å². The van der Waals surface area contributed by atoms with Gasteiger partial charge in [-0.2, -0.15) is 0 Å². The van der Waals surface area contributed by atoms with Gasteiger partial charge < -0.3 is 5.32 Å². The summed E-state index contributed by atoms with van der Waals surface area (Å²) in [6.45, 7) is 12.2. The molecule has 0 radical (unpaired) electrons. The Bertz CT molecular complexity index is 240. The first-order valence-corrected chi connectivity index (χ1v) is 5.56. The molecular weight excluding hydrogens is 188 g/mol. The maximum absolute atomic E-state index is 11.4. The van der Waals surface area contributed by atoms with E-state index in [0.29, 0.717) is 5.92 Å². The Morgan fingerprint density at radius 2 is 1.87 bits per heavy atom. The van der Waals surface area contributed by atoms with Gasteiger partial charge in [-0.3, -0.25) is 10.2 Å². The molecule has 0 aromatic heterocycles. The molecule has 1 amide bonds. The summed E-state index contributed by atoms with van der Waals surface area (Å²) in [5.41, 5.74) is 0.253. The van der Waals surface area contributed by atoms with Crippen LogP contribution in [0, 0.1) is 16.7 Å². The number of carbonyl (C=O) groups excluding carboxylic acids is 1. The monoisotopic (exact) mass is 212 g/mol. The molecule has 0 aliphatic carbocycles. The lowest BCUT2D eigenvalue weighted by atomic mass is 9.75. The lowest BCUT2D eigenvalue weighted by Crippen LogP contribution is -2.44. The minimum absolute atomic E-state index is 0.0746. The van der Waals surface area contributed by atoms with Crippen LogP contribution in [0.3, 0.4) is 0 Å². The average molecular weight is 212 g/mol. The van der Waals surface area contributed by atoms with Crippen LogP contribution < -0.4 is 5.32 Å². The highest BCUT2D eigenvalue weighted by Gasteiger charge is 2.29. The van der Waals surface area contributed by atoms with Gasteiger partial charge in [0.2, 0.25) is 0 Å². The molecule has 0 aliphatic rings. The van der Waals surface area contributed by atoms with Crippen molar-refractivity contribution in [2.45, 2.75) is 54.0 Å². The Morgan fingerprint density at radius 1 is 1.40 bits per heavy atom. The zero-order valence-electron chi connectivity index (χ0n) is 10.8. The van der Waals surface area contributed by atoms with Crippen molar-refractivity contribution in [1.29, 1.82) is 5.41 Å². The predicted molar refractivity (Wildman–Crippen MR) is 64.2 cm³/mol. The molecule has 3 heteroatoms. The van der Waals surface area contributed by atoms with Crippen molar-refractivity contribution in [2.75, 3.05) is 0 Å². The van der Waals surface area contributed by atoms with Crippen LogP contribution >= 0.6 is 0 Å². The number of carbonyl (C=O) groups is 1. The van der Waals surface area contributed by atoms with Crippen molar-refractivity contribution in [1.82, 2.24) is 5.32 Å². The third-order valence-electron chi connectivity index (χ3n) is 2.86. The zero-order chi connectivity index (χ0) is 12.2. The van der Waals surface area contributed by atoms with Gasteiger partial charge in [-0.25, -0.2) is 0 Å². The third-order valence-corrected chi connectivity index (χ3v) is 2.86. The van der Waals surface area contributed by atoms with Gasteiger partial charge in [-0.1, -0.05) is 34.1 Å². The zero-order valence-corrected chi connectivity index (χ0v) is 10.8. The average Bonchev–Trinajstić information content (AvgIpc) is 2.01. The Hall–Kier alpha value is -0.860. The van der Waals surface area contributed by atoms with Crippen molar-refractivity contribution < 1.29 is 4.79 Å². The van der Waals surface area contributed by atoms with Crippen LogP contribution in [0.4, 0.5) is 0 Å². The van der Waals surface area contributed by atoms with Gasteiger partial charge >= 0.3 is 0 Å². The van der Waals surface area contributed by atoms with E-state index in [1.165, 1.54) is 6.92 Å². The molecule has 0 saturated heterocycles. The fourth-order valence-corrected chi connectivity index (χ4v) is 2.13. The molecule has 0 saturated carbocycles. The fraction of sp³-hybridized carbons (Fsp3) is 0.833. The van der Waals surface area contributed by atoms with E-state index in [4.69, 9.17) is 5.41 Å². The van der Waals surface area contributed by atoms with Crippen molar-refractivity contribution in [2.24, 2.45) is 11.3 Å². The number of amides is 1. The maximum atomic E-state index is 11.4. The number of nitrogens with one attached hydrogen (secondary N) is 2. The van der Waals surface area contributed by atoms with Crippen molar-refractivity contribution in [3.63, 3.8) is 0 Å². The molecule has 88 valence electrons. The smallest absolute Gasteiger partial charge is 0.264 e. The Morgan fingerprint density at radius 3 is 2.13 bits per heavy atom. The van der Waals surface area contributed by atoms with E-state index in [9.17, 15) is 4.79 Å². The van der Waals surface area contributed by atoms with Gasteiger partial charge in [0.05, 0.1) is 5.71 Å². The molecule has 0 spiro atoms. The van der Waals surface area contributed by atoms with Crippen LogP contribution in [0.15, 0.2) is 0 Å². The normalized spacial score (nSPS) is 15.6. The quantitative estimate of drug-likeness (QED) is 0.691. The fourth-order valence-electron chi connectivity index (χ4n) is 2.13. The van der Waals surface area contributed by atoms with E-state index in [0.717, 1.165) is 6.42 Å². The minimum atomic E-state index is -0.259. The van der Waals surface area contributed by atoms with Gasteiger partial charge in [0, 0.05) is 6.04 Å². The molecule has 0 heterocycles. The van der Waals surface area contributed by atoms with Crippen LogP contribution in [-0.4, -0.2) is 17.7 Å². The standard InChI is InChI=1S/C12H24N2O/c1-7-10(12(4,5)6)9(3)14-11(15)8(2)13/h9-10,13H,7H2,1-6H3,(H,14,15). The van der Waals surface area contributed by atoms with Crippen LogP contribution in [0.5, 0.6) is 0 Å². The van der Waals surface area contributed by atoms with E-state index in [-0.39, 0.29) is 23.1 Å². The summed E-state index contributed by atoms with van der Waals surface area (Å²) in [7, 11) is 0. The van der Waals surface area contributed by atoms with Gasteiger partial charge in [0.25, 0.3) is 5.91 Å². The first kappa shape index (κ1) is 14.1. The summed E-state index contributed by atoms with van der Waals surface area (Å²) < 4.78 is 0. The summed E-state index contributed by atoms with van der Waals surface area (Å²) in [4.78, 5) is 11.4. The Labute approximate surface area is 93.2 Å². The van der Waals surface area contributed by atoms with E-state index < -0.39 is 0 Å². The summed E-state index contributed by atoms with van der Waals surface area (Å²) in [6.07, 6.45) is 1.03. The Kier molecular flexibility index (Phi) is 4.98.